The first-order valence-electron chi connectivity index (χ1n) is 23.8. The lowest BCUT2D eigenvalue weighted by molar-refractivity contribution is -0.00254. The number of aromatic amines is 1. The normalized spacial score (nSPS) is 20.0. The summed E-state index contributed by atoms with van der Waals surface area (Å²) in [5, 5.41) is 36.4. The van der Waals surface area contributed by atoms with Crippen molar-refractivity contribution in [3.63, 3.8) is 0 Å². The zero-order valence-corrected chi connectivity index (χ0v) is 39.2. The van der Waals surface area contributed by atoms with Gasteiger partial charge in [0.1, 0.15) is 22.6 Å². The number of pyridine rings is 2. The fourth-order valence-electron chi connectivity index (χ4n) is 10.4. The van der Waals surface area contributed by atoms with E-state index in [9.17, 15) is 29.4 Å². The molecular formula is C58H60N6O6. The van der Waals surface area contributed by atoms with Crippen LogP contribution in [0.25, 0.3) is 44.3 Å². The zero-order chi connectivity index (χ0) is 48.3. The third-order valence-electron chi connectivity index (χ3n) is 13.9. The minimum absolute atomic E-state index is 0. The first-order chi connectivity index (χ1) is 33.3. The van der Waals surface area contributed by atoms with Crippen molar-refractivity contribution >= 4 is 44.9 Å². The molecule has 2 aliphatic rings. The van der Waals surface area contributed by atoms with Crippen molar-refractivity contribution in [1.82, 2.24) is 29.9 Å². The van der Waals surface area contributed by atoms with Crippen molar-refractivity contribution in [3.05, 3.63) is 167 Å². The standard InChI is InChI=1S/C29H29N3O3.C28H27N3O3.CH4/c1-19-15-23(12-14-30-19)27-24-17-22(10-11-25(24)32(2)31-27)26(33)16-20-7-6-13-29(35,18-20)28(34)21-8-4-3-5-9-21;1-18-14-22(11-13-29-18)26-23-16-21(9-10-24(23)30-31-26)25(32)15-19-6-5-12-28(34,17-19)27(33)20-7-3-2-4-8-20;/h3-5,8-12,14-15,17,20,35H,6-7,13,16,18H2,1-2H3;2-4,7-11,13-14,16,19,34H,5-6,12,15,17H2,1H3,(H,30,31);1H4. The van der Waals surface area contributed by atoms with E-state index < -0.39 is 11.2 Å². The first-order valence-corrected chi connectivity index (χ1v) is 23.8. The van der Waals surface area contributed by atoms with E-state index in [-0.39, 0.29) is 42.4 Å². The number of nitrogens with one attached hydrogen (secondary N) is 1. The fourth-order valence-corrected chi connectivity index (χ4v) is 10.4. The summed E-state index contributed by atoms with van der Waals surface area (Å²) in [5.41, 5.74) is 6.58. The first kappa shape index (κ1) is 49.2. The highest BCUT2D eigenvalue weighted by Gasteiger charge is 2.43. The van der Waals surface area contributed by atoms with Gasteiger partial charge in [-0.2, -0.15) is 10.2 Å². The van der Waals surface area contributed by atoms with Crippen LogP contribution in [0.4, 0.5) is 0 Å². The summed E-state index contributed by atoms with van der Waals surface area (Å²) in [6.45, 7) is 3.87. The van der Waals surface area contributed by atoms with Crippen molar-refractivity contribution in [2.75, 3.05) is 0 Å². The number of aryl methyl sites for hydroxylation is 3. The van der Waals surface area contributed by atoms with E-state index in [1.807, 2.05) is 98.4 Å². The van der Waals surface area contributed by atoms with Crippen LogP contribution >= 0.6 is 0 Å². The second-order valence-corrected chi connectivity index (χ2v) is 19.0. The molecule has 8 aromatic rings. The van der Waals surface area contributed by atoms with Crippen LogP contribution in [0.1, 0.15) is 124 Å². The second kappa shape index (κ2) is 20.8. The molecule has 2 saturated carbocycles. The molecule has 0 aliphatic heterocycles. The van der Waals surface area contributed by atoms with Crippen molar-refractivity contribution in [1.29, 1.82) is 0 Å². The summed E-state index contributed by atoms with van der Waals surface area (Å²) in [4.78, 5) is 61.1. The predicted octanol–water partition coefficient (Wildman–Crippen LogP) is 11.3. The number of aromatic nitrogens is 6. The van der Waals surface area contributed by atoms with Crippen LogP contribution in [0.2, 0.25) is 0 Å². The molecule has 4 aromatic carbocycles. The molecule has 0 bridgehead atoms. The van der Waals surface area contributed by atoms with Gasteiger partial charge in [0.2, 0.25) is 0 Å². The van der Waals surface area contributed by atoms with E-state index in [0.717, 1.165) is 81.4 Å². The van der Waals surface area contributed by atoms with Gasteiger partial charge in [-0.25, -0.2) is 0 Å². The number of hydrogen-bond donors (Lipinski definition) is 3. The quantitative estimate of drug-likeness (QED) is 0.0997. The maximum absolute atomic E-state index is 13.3. The Bertz CT molecular complexity index is 3200. The topological polar surface area (TPSA) is 181 Å². The molecule has 2 aliphatic carbocycles. The van der Waals surface area contributed by atoms with Gasteiger partial charge in [0.25, 0.3) is 0 Å². The number of ketones is 4. The van der Waals surface area contributed by atoms with E-state index in [0.29, 0.717) is 60.8 Å². The van der Waals surface area contributed by atoms with Gasteiger partial charge in [-0.1, -0.05) is 68.1 Å². The van der Waals surface area contributed by atoms with Gasteiger partial charge in [-0.3, -0.25) is 38.9 Å². The van der Waals surface area contributed by atoms with Crippen LogP contribution in [-0.4, -0.2) is 74.5 Å². The molecule has 12 heteroatoms. The summed E-state index contributed by atoms with van der Waals surface area (Å²) in [5.74, 6) is -0.538. The summed E-state index contributed by atoms with van der Waals surface area (Å²) >= 11 is 0. The Morgan fingerprint density at radius 3 is 1.61 bits per heavy atom. The lowest BCUT2D eigenvalue weighted by atomic mass is 9.72. The van der Waals surface area contributed by atoms with Gasteiger partial charge in [0, 0.05) is 87.8 Å². The Balaban J connectivity index is 0.000000186. The minimum atomic E-state index is -1.41. The lowest BCUT2D eigenvalue weighted by Crippen LogP contribution is -2.43. The average Bonchev–Trinajstić information content (AvgIpc) is 3.94. The SMILES string of the molecule is C.Cc1cc(-c2n[nH]c3ccc(C(=O)CC4CCCC(O)(C(=O)c5ccccc5)C4)cc23)ccn1.Cc1cc(-c2nn(C)c3ccc(C(=O)CC4CCCC(O)(C(=O)c5ccccc5)C4)cc23)ccn1. The smallest absolute Gasteiger partial charge is 0.194 e. The predicted molar refractivity (Wildman–Crippen MR) is 273 cm³/mol. The van der Waals surface area contributed by atoms with Gasteiger partial charge in [-0.05, 0) is 138 Å². The highest BCUT2D eigenvalue weighted by molar-refractivity contribution is 6.05. The Morgan fingerprint density at radius 1 is 0.614 bits per heavy atom. The molecule has 0 spiro atoms. The number of fused-ring (bicyclic) bond motifs is 2. The molecule has 12 nitrogen and oxygen atoms in total. The monoisotopic (exact) mass is 936 g/mol. The van der Waals surface area contributed by atoms with E-state index in [2.05, 4.69) is 20.2 Å². The number of H-pyrrole nitrogens is 1. The molecule has 3 N–H and O–H groups in total. The van der Waals surface area contributed by atoms with Gasteiger partial charge in [-0.15, -0.1) is 0 Å². The molecule has 70 heavy (non-hydrogen) atoms. The number of Topliss-reactive ketones (excluding diaryl/α,β-unsaturated/α-hetero) is 4. The van der Waals surface area contributed by atoms with E-state index >= 15 is 0 Å². The molecule has 4 unspecified atom stereocenters. The Kier molecular flexibility index (Phi) is 14.6. The van der Waals surface area contributed by atoms with E-state index in [1.54, 1.807) is 60.9 Å². The van der Waals surface area contributed by atoms with Crippen LogP contribution in [-0.2, 0) is 7.05 Å². The number of hydrogen-bond acceptors (Lipinski definition) is 10. The van der Waals surface area contributed by atoms with Gasteiger partial charge in [0.05, 0.1) is 11.0 Å². The molecule has 10 rings (SSSR count). The third kappa shape index (κ3) is 10.5. The summed E-state index contributed by atoms with van der Waals surface area (Å²) in [6.07, 6.45) is 8.70. The van der Waals surface area contributed by atoms with Crippen LogP contribution in [0.15, 0.2) is 134 Å². The van der Waals surface area contributed by atoms with E-state index in [1.165, 1.54) is 0 Å². The van der Waals surface area contributed by atoms with Crippen LogP contribution in [0.5, 0.6) is 0 Å². The summed E-state index contributed by atoms with van der Waals surface area (Å²) < 4.78 is 1.82. The number of aliphatic hydroxyl groups is 2. The number of carbonyl (C=O) groups is 4. The molecule has 358 valence electrons. The maximum atomic E-state index is 13.3. The highest BCUT2D eigenvalue weighted by atomic mass is 16.3. The minimum Gasteiger partial charge on any atom is -0.382 e. The summed E-state index contributed by atoms with van der Waals surface area (Å²) in [6, 6.07) is 36.9. The average molecular weight is 937 g/mol. The molecule has 4 aromatic heterocycles. The van der Waals surface area contributed by atoms with Crippen LogP contribution in [0, 0.1) is 25.7 Å². The van der Waals surface area contributed by atoms with Crippen molar-refractivity contribution in [2.24, 2.45) is 18.9 Å². The number of rotatable bonds is 12. The molecule has 2 fully saturated rings. The van der Waals surface area contributed by atoms with Crippen molar-refractivity contribution in [3.8, 4) is 22.5 Å². The van der Waals surface area contributed by atoms with Crippen LogP contribution in [0.3, 0.4) is 0 Å². The Hall–Kier alpha value is -7.28. The highest BCUT2D eigenvalue weighted by Crippen LogP contribution is 2.39. The van der Waals surface area contributed by atoms with Crippen molar-refractivity contribution in [2.45, 2.75) is 96.7 Å². The maximum Gasteiger partial charge on any atom is 0.194 e. The Labute approximate surface area is 408 Å². The van der Waals surface area contributed by atoms with Gasteiger partial charge in [0.15, 0.2) is 23.1 Å². The van der Waals surface area contributed by atoms with E-state index in [4.69, 9.17) is 5.10 Å². The number of benzene rings is 4. The molecule has 0 amide bonds. The summed E-state index contributed by atoms with van der Waals surface area (Å²) in [7, 11) is 1.90. The Morgan fingerprint density at radius 2 is 1.10 bits per heavy atom. The molecule has 4 atom stereocenters. The number of carbonyl (C=O) groups excluding carboxylic acids is 4. The molecular weight excluding hydrogens is 877 g/mol. The number of nitrogens with zero attached hydrogens (tertiary/aromatic N) is 5. The second-order valence-electron chi connectivity index (χ2n) is 19.0. The third-order valence-corrected chi connectivity index (χ3v) is 13.9. The molecule has 4 heterocycles. The van der Waals surface area contributed by atoms with Crippen molar-refractivity contribution < 1.29 is 29.4 Å². The zero-order valence-electron chi connectivity index (χ0n) is 39.2. The largest absolute Gasteiger partial charge is 0.382 e. The van der Waals surface area contributed by atoms with Crippen LogP contribution < -0.4 is 0 Å². The molecule has 0 saturated heterocycles. The molecule has 0 radical (unpaired) electrons. The van der Waals surface area contributed by atoms with Gasteiger partial charge < -0.3 is 10.2 Å². The lowest BCUT2D eigenvalue weighted by Gasteiger charge is -2.35. The fraction of sp³-hybridized carbons (Fsp3) is 0.310. The van der Waals surface area contributed by atoms with Gasteiger partial charge >= 0.3 is 0 Å².